The van der Waals surface area contributed by atoms with Gasteiger partial charge < -0.3 is 9.47 Å². The van der Waals surface area contributed by atoms with Crippen molar-refractivity contribution < 1.29 is 19.1 Å². The third kappa shape index (κ3) is 4.63. The Balaban J connectivity index is 1.68. The molecule has 164 valence electrons. The molecule has 3 aromatic rings. The average molecular weight is 438 g/mol. The summed E-state index contributed by atoms with van der Waals surface area (Å²) < 4.78 is 10.7. The van der Waals surface area contributed by atoms with Gasteiger partial charge in [-0.05, 0) is 60.0 Å². The number of imide groups is 1. The van der Waals surface area contributed by atoms with E-state index in [1.54, 1.807) is 62.6 Å². The molecule has 0 aromatic heterocycles. The van der Waals surface area contributed by atoms with Gasteiger partial charge in [0, 0.05) is 11.1 Å². The number of carbonyl (C=O) groups excluding carboxylic acids is 2. The van der Waals surface area contributed by atoms with Crippen molar-refractivity contribution in [2.24, 2.45) is 0 Å². The van der Waals surface area contributed by atoms with Gasteiger partial charge in [-0.3, -0.25) is 14.5 Å². The zero-order chi connectivity index (χ0) is 23.4. The van der Waals surface area contributed by atoms with Crippen LogP contribution in [0, 0.1) is 11.3 Å². The van der Waals surface area contributed by atoms with E-state index in [4.69, 9.17) is 14.7 Å². The first kappa shape index (κ1) is 21.8. The van der Waals surface area contributed by atoms with E-state index in [-0.39, 0.29) is 18.4 Å². The van der Waals surface area contributed by atoms with Gasteiger partial charge in [-0.1, -0.05) is 42.5 Å². The van der Waals surface area contributed by atoms with Gasteiger partial charge in [0.2, 0.25) is 0 Å². The first-order valence-electron chi connectivity index (χ1n) is 10.5. The Kier molecular flexibility index (Phi) is 6.23. The van der Waals surface area contributed by atoms with Gasteiger partial charge in [0.25, 0.3) is 11.8 Å². The summed E-state index contributed by atoms with van der Waals surface area (Å²) in [6.45, 7) is 1.83. The summed E-state index contributed by atoms with van der Waals surface area (Å²) in [5.74, 6) is 0.598. The molecule has 0 N–H and O–H groups in total. The lowest BCUT2D eigenvalue weighted by Gasteiger charge is -2.29. The molecule has 6 nitrogen and oxygen atoms in total. The lowest BCUT2D eigenvalue weighted by Crippen LogP contribution is -2.41. The average Bonchev–Trinajstić information content (AvgIpc) is 2.85. The summed E-state index contributed by atoms with van der Waals surface area (Å²) in [5.41, 5.74) is 3.14. The van der Waals surface area contributed by atoms with E-state index in [0.29, 0.717) is 28.2 Å². The maximum absolute atomic E-state index is 13.4. The third-order valence-electron chi connectivity index (χ3n) is 5.35. The highest BCUT2D eigenvalue weighted by atomic mass is 16.5. The molecule has 0 fully saturated rings. The molecule has 0 bridgehead atoms. The molecule has 0 unspecified atom stereocenters. The van der Waals surface area contributed by atoms with Crippen LogP contribution in [0.3, 0.4) is 0 Å². The van der Waals surface area contributed by atoms with Gasteiger partial charge in [-0.15, -0.1) is 0 Å². The summed E-state index contributed by atoms with van der Waals surface area (Å²) in [6, 6.07) is 23.5. The largest absolute Gasteiger partial charge is 0.497 e. The van der Waals surface area contributed by atoms with Crippen LogP contribution in [-0.4, -0.2) is 29.9 Å². The highest BCUT2D eigenvalue weighted by Gasteiger charge is 2.34. The second kappa shape index (κ2) is 9.41. The van der Waals surface area contributed by atoms with Gasteiger partial charge in [0.1, 0.15) is 17.6 Å². The highest BCUT2D eigenvalue weighted by molar-refractivity contribution is 6.33. The maximum Gasteiger partial charge on any atom is 0.261 e. The molecule has 1 heterocycles. The Hall–Kier alpha value is -4.37. The number of fused-ring (bicyclic) bond motifs is 1. The van der Waals surface area contributed by atoms with Crippen LogP contribution in [0.2, 0.25) is 0 Å². The van der Waals surface area contributed by atoms with Crippen LogP contribution in [-0.2, 0) is 11.3 Å². The predicted molar refractivity (Wildman–Crippen MR) is 124 cm³/mol. The van der Waals surface area contributed by atoms with E-state index in [1.165, 1.54) is 4.90 Å². The summed E-state index contributed by atoms with van der Waals surface area (Å²) in [6.07, 6.45) is 1.21. The maximum atomic E-state index is 13.4. The van der Waals surface area contributed by atoms with Gasteiger partial charge in [0.05, 0.1) is 13.7 Å². The molecule has 2 amide bonds. The quantitative estimate of drug-likeness (QED) is 0.411. The number of benzene rings is 3. The van der Waals surface area contributed by atoms with Crippen LogP contribution in [0.15, 0.2) is 72.8 Å². The number of hydrogen-bond acceptors (Lipinski definition) is 5. The van der Waals surface area contributed by atoms with Gasteiger partial charge in [-0.25, -0.2) is 0 Å². The Morgan fingerprint density at radius 3 is 2.18 bits per heavy atom. The van der Waals surface area contributed by atoms with Gasteiger partial charge in [0.15, 0.2) is 6.10 Å². The van der Waals surface area contributed by atoms with Crippen molar-refractivity contribution in [3.8, 4) is 17.6 Å². The second-order valence-electron chi connectivity index (χ2n) is 7.61. The fraction of sp³-hybridized carbons (Fsp3) is 0.148. The van der Waals surface area contributed by atoms with Crippen molar-refractivity contribution in [2.75, 3.05) is 7.11 Å². The van der Waals surface area contributed by atoms with Crippen molar-refractivity contribution in [2.45, 2.75) is 19.6 Å². The molecule has 1 aliphatic rings. The number of hydrogen-bond donors (Lipinski definition) is 0. The Labute approximate surface area is 192 Å². The third-order valence-corrected chi connectivity index (χ3v) is 5.35. The SMILES string of the molecule is COc1ccc(CN2C(=O)/C(=C/c3ccc(O[C@H](C)C#N)cc3)c3ccccc3C2=O)cc1. The van der Waals surface area contributed by atoms with E-state index < -0.39 is 6.10 Å². The standard InChI is InChI=1S/C27H22N2O4/c1-18(16-28)33-22-13-7-19(8-14-22)15-25-23-5-3-4-6-24(23)26(30)29(27(25)31)17-20-9-11-21(32-2)12-10-20/h3-15,18H,17H2,1-2H3/b25-15+/t18-/m1/s1. The van der Waals surface area contributed by atoms with Crippen molar-refractivity contribution >= 4 is 23.5 Å². The Bertz CT molecular complexity index is 1250. The predicted octanol–water partition coefficient (Wildman–Crippen LogP) is 4.71. The van der Waals surface area contributed by atoms with Gasteiger partial charge in [-0.2, -0.15) is 5.26 Å². The topological polar surface area (TPSA) is 79.6 Å². The van der Waals surface area contributed by atoms with Crippen molar-refractivity contribution in [1.82, 2.24) is 4.90 Å². The molecule has 1 aliphatic heterocycles. The lowest BCUT2D eigenvalue weighted by molar-refractivity contribution is -0.123. The smallest absolute Gasteiger partial charge is 0.261 e. The van der Waals surface area contributed by atoms with Crippen LogP contribution in [0.25, 0.3) is 11.6 Å². The van der Waals surface area contributed by atoms with Gasteiger partial charge >= 0.3 is 0 Å². The number of rotatable bonds is 6. The molecule has 1 atom stereocenters. The Morgan fingerprint density at radius 1 is 0.909 bits per heavy atom. The molecule has 0 saturated carbocycles. The Morgan fingerprint density at radius 2 is 1.55 bits per heavy atom. The van der Waals surface area contributed by atoms with Crippen LogP contribution in [0.4, 0.5) is 0 Å². The zero-order valence-electron chi connectivity index (χ0n) is 18.3. The summed E-state index contributed by atoms with van der Waals surface area (Å²) in [4.78, 5) is 27.8. The molecule has 0 radical (unpaired) electrons. The molecule has 33 heavy (non-hydrogen) atoms. The van der Waals surface area contributed by atoms with E-state index in [9.17, 15) is 9.59 Å². The van der Waals surface area contributed by atoms with E-state index >= 15 is 0 Å². The summed E-state index contributed by atoms with van der Waals surface area (Å²) >= 11 is 0. The minimum Gasteiger partial charge on any atom is -0.497 e. The number of carbonyl (C=O) groups is 2. The fourth-order valence-corrected chi connectivity index (χ4v) is 3.64. The van der Waals surface area contributed by atoms with E-state index in [0.717, 1.165) is 11.1 Å². The monoisotopic (exact) mass is 438 g/mol. The minimum absolute atomic E-state index is 0.159. The normalized spacial score (nSPS) is 15.1. The van der Waals surface area contributed by atoms with Crippen LogP contribution >= 0.6 is 0 Å². The molecule has 0 spiro atoms. The van der Waals surface area contributed by atoms with Crippen molar-refractivity contribution in [3.63, 3.8) is 0 Å². The number of methoxy groups -OCH3 is 1. The van der Waals surface area contributed by atoms with Crippen LogP contribution < -0.4 is 9.47 Å². The molecular formula is C27H22N2O4. The first-order chi connectivity index (χ1) is 16.0. The van der Waals surface area contributed by atoms with Crippen LogP contribution in [0.5, 0.6) is 11.5 Å². The molecule has 0 aliphatic carbocycles. The number of nitriles is 1. The summed E-state index contributed by atoms with van der Waals surface area (Å²) in [5, 5.41) is 8.91. The highest BCUT2D eigenvalue weighted by Crippen LogP contribution is 2.32. The molecular weight excluding hydrogens is 416 g/mol. The van der Waals surface area contributed by atoms with Crippen molar-refractivity contribution in [3.05, 3.63) is 95.1 Å². The number of nitrogens with zero attached hydrogens (tertiary/aromatic N) is 2. The molecule has 6 heteroatoms. The first-order valence-corrected chi connectivity index (χ1v) is 10.5. The number of ether oxygens (including phenoxy) is 2. The molecule has 4 rings (SSSR count). The van der Waals surface area contributed by atoms with E-state index in [2.05, 4.69) is 0 Å². The van der Waals surface area contributed by atoms with E-state index in [1.807, 2.05) is 36.4 Å². The molecule has 3 aromatic carbocycles. The zero-order valence-corrected chi connectivity index (χ0v) is 18.3. The lowest BCUT2D eigenvalue weighted by atomic mass is 9.91. The summed E-state index contributed by atoms with van der Waals surface area (Å²) in [7, 11) is 1.59. The fourth-order valence-electron chi connectivity index (χ4n) is 3.64. The minimum atomic E-state index is -0.557. The molecule has 0 saturated heterocycles. The number of amides is 2. The van der Waals surface area contributed by atoms with Crippen LogP contribution in [0.1, 0.15) is 34.0 Å². The second-order valence-corrected chi connectivity index (χ2v) is 7.61. The van der Waals surface area contributed by atoms with Crippen molar-refractivity contribution in [1.29, 1.82) is 5.26 Å².